The number of nitrogens with one attached hydrogen (secondary N) is 1. The fourth-order valence-electron chi connectivity index (χ4n) is 3.12. The first-order valence-electron chi connectivity index (χ1n) is 6.90. The van der Waals surface area contributed by atoms with Crippen LogP contribution in [0, 0.1) is 0 Å². The van der Waals surface area contributed by atoms with Crippen molar-refractivity contribution in [2.75, 3.05) is 26.7 Å². The van der Waals surface area contributed by atoms with Crippen molar-refractivity contribution in [3.05, 3.63) is 35.4 Å². The Morgan fingerprint density at radius 3 is 2.94 bits per heavy atom. The highest BCUT2D eigenvalue weighted by molar-refractivity contribution is 5.29. The van der Waals surface area contributed by atoms with Crippen molar-refractivity contribution in [2.45, 2.75) is 31.5 Å². The van der Waals surface area contributed by atoms with Crippen LogP contribution < -0.4 is 5.32 Å². The molecule has 2 unspecified atom stereocenters. The number of ether oxygens (including phenoxy) is 1. The summed E-state index contributed by atoms with van der Waals surface area (Å²) in [5.41, 5.74) is 3.04. The third kappa shape index (κ3) is 2.58. The summed E-state index contributed by atoms with van der Waals surface area (Å²) < 4.78 is 5.41. The molecule has 1 N–H and O–H groups in total. The van der Waals surface area contributed by atoms with Gasteiger partial charge in [0.05, 0.1) is 6.10 Å². The Balaban J connectivity index is 1.57. The molecular formula is C15H22N2O. The van der Waals surface area contributed by atoms with Gasteiger partial charge in [0.15, 0.2) is 0 Å². The summed E-state index contributed by atoms with van der Waals surface area (Å²) in [5.74, 6) is 0. The Labute approximate surface area is 109 Å². The van der Waals surface area contributed by atoms with Crippen molar-refractivity contribution in [1.82, 2.24) is 10.2 Å². The van der Waals surface area contributed by atoms with Crippen molar-refractivity contribution < 1.29 is 4.74 Å². The first-order chi connectivity index (χ1) is 8.85. The van der Waals surface area contributed by atoms with Gasteiger partial charge < -0.3 is 10.1 Å². The van der Waals surface area contributed by atoms with Gasteiger partial charge in [0.25, 0.3) is 0 Å². The van der Waals surface area contributed by atoms with Crippen molar-refractivity contribution in [3.8, 4) is 0 Å². The molecule has 3 heteroatoms. The summed E-state index contributed by atoms with van der Waals surface area (Å²) in [4.78, 5) is 2.57. The van der Waals surface area contributed by atoms with Gasteiger partial charge in [0.1, 0.15) is 0 Å². The average Bonchev–Trinajstić information content (AvgIpc) is 2.86. The molecule has 0 aliphatic carbocycles. The van der Waals surface area contributed by atoms with Gasteiger partial charge in [-0.2, -0.15) is 0 Å². The summed E-state index contributed by atoms with van der Waals surface area (Å²) in [6, 6.07) is 9.43. The van der Waals surface area contributed by atoms with Crippen LogP contribution in [0.15, 0.2) is 24.3 Å². The van der Waals surface area contributed by atoms with E-state index in [2.05, 4.69) is 34.5 Å². The summed E-state index contributed by atoms with van der Waals surface area (Å²) >= 11 is 0. The third-order valence-electron chi connectivity index (χ3n) is 4.20. The molecule has 0 aromatic heterocycles. The van der Waals surface area contributed by atoms with E-state index < -0.39 is 0 Å². The highest BCUT2D eigenvalue weighted by Gasteiger charge is 2.26. The summed E-state index contributed by atoms with van der Waals surface area (Å²) in [6.07, 6.45) is 2.75. The SMILES string of the molecule is COC1CNC(CN2CCc3ccccc3C2)C1. The van der Waals surface area contributed by atoms with Crippen molar-refractivity contribution in [2.24, 2.45) is 0 Å². The van der Waals surface area contributed by atoms with Gasteiger partial charge in [0, 0.05) is 39.3 Å². The van der Waals surface area contributed by atoms with Gasteiger partial charge in [-0.1, -0.05) is 24.3 Å². The van der Waals surface area contributed by atoms with Crippen LogP contribution in [0.2, 0.25) is 0 Å². The van der Waals surface area contributed by atoms with Gasteiger partial charge in [-0.25, -0.2) is 0 Å². The van der Waals surface area contributed by atoms with Gasteiger partial charge in [-0.05, 0) is 24.0 Å². The number of rotatable bonds is 3. The molecular weight excluding hydrogens is 224 g/mol. The van der Waals surface area contributed by atoms with E-state index in [1.807, 2.05) is 7.11 Å². The standard InChI is InChI=1S/C15H22N2O/c1-18-15-8-14(16-9-15)11-17-7-6-12-4-2-3-5-13(12)10-17/h2-5,14-16H,6-11H2,1H3. The number of hydrogen-bond acceptors (Lipinski definition) is 3. The Morgan fingerprint density at radius 2 is 2.17 bits per heavy atom. The molecule has 0 amide bonds. The molecule has 3 nitrogen and oxygen atoms in total. The molecule has 2 atom stereocenters. The van der Waals surface area contributed by atoms with E-state index in [-0.39, 0.29) is 0 Å². The van der Waals surface area contributed by atoms with Gasteiger partial charge >= 0.3 is 0 Å². The van der Waals surface area contributed by atoms with Crippen LogP contribution in [-0.2, 0) is 17.7 Å². The predicted molar refractivity (Wildman–Crippen MR) is 72.6 cm³/mol. The second kappa shape index (κ2) is 5.39. The molecule has 2 aliphatic rings. The Morgan fingerprint density at radius 1 is 1.33 bits per heavy atom. The van der Waals surface area contributed by atoms with E-state index in [4.69, 9.17) is 4.74 Å². The maximum absolute atomic E-state index is 5.41. The van der Waals surface area contributed by atoms with Crippen LogP contribution in [0.4, 0.5) is 0 Å². The third-order valence-corrected chi connectivity index (χ3v) is 4.20. The molecule has 0 radical (unpaired) electrons. The lowest BCUT2D eigenvalue weighted by atomic mass is 9.99. The highest BCUT2D eigenvalue weighted by Crippen LogP contribution is 2.20. The average molecular weight is 246 g/mol. The van der Waals surface area contributed by atoms with E-state index in [0.29, 0.717) is 12.1 Å². The summed E-state index contributed by atoms with van der Waals surface area (Å²) in [7, 11) is 1.81. The first kappa shape index (κ1) is 12.2. The zero-order valence-electron chi connectivity index (χ0n) is 11.1. The van der Waals surface area contributed by atoms with Crippen LogP contribution in [-0.4, -0.2) is 43.8 Å². The quantitative estimate of drug-likeness (QED) is 0.873. The lowest BCUT2D eigenvalue weighted by molar-refractivity contribution is 0.115. The van der Waals surface area contributed by atoms with Gasteiger partial charge in [-0.3, -0.25) is 4.90 Å². The smallest absolute Gasteiger partial charge is 0.0711 e. The Bertz CT molecular complexity index is 407. The molecule has 1 aromatic rings. The lowest BCUT2D eigenvalue weighted by Gasteiger charge is -2.30. The van der Waals surface area contributed by atoms with Crippen LogP contribution in [0.5, 0.6) is 0 Å². The lowest BCUT2D eigenvalue weighted by Crippen LogP contribution is -2.40. The normalized spacial score (nSPS) is 28.3. The number of methoxy groups -OCH3 is 1. The summed E-state index contributed by atoms with van der Waals surface area (Å²) in [6.45, 7) is 4.44. The fourth-order valence-corrected chi connectivity index (χ4v) is 3.12. The van der Waals surface area contributed by atoms with Crippen LogP contribution in [0.1, 0.15) is 17.5 Å². The molecule has 18 heavy (non-hydrogen) atoms. The Kier molecular flexibility index (Phi) is 3.64. The van der Waals surface area contributed by atoms with Gasteiger partial charge in [-0.15, -0.1) is 0 Å². The molecule has 0 bridgehead atoms. The minimum atomic E-state index is 0.409. The minimum absolute atomic E-state index is 0.409. The van der Waals surface area contributed by atoms with E-state index in [1.165, 1.54) is 24.1 Å². The zero-order chi connectivity index (χ0) is 12.4. The molecule has 1 aromatic carbocycles. The predicted octanol–water partition coefficient (Wildman–Crippen LogP) is 1.42. The molecule has 98 valence electrons. The van der Waals surface area contributed by atoms with Crippen molar-refractivity contribution in [1.29, 1.82) is 0 Å². The molecule has 2 heterocycles. The number of benzene rings is 1. The van der Waals surface area contributed by atoms with Crippen LogP contribution in [0.25, 0.3) is 0 Å². The van der Waals surface area contributed by atoms with E-state index in [1.54, 1.807) is 0 Å². The largest absolute Gasteiger partial charge is 0.380 e. The van der Waals surface area contributed by atoms with Crippen molar-refractivity contribution in [3.63, 3.8) is 0 Å². The van der Waals surface area contributed by atoms with E-state index >= 15 is 0 Å². The van der Waals surface area contributed by atoms with E-state index in [0.717, 1.165) is 26.1 Å². The maximum atomic E-state index is 5.41. The topological polar surface area (TPSA) is 24.5 Å². The van der Waals surface area contributed by atoms with E-state index in [9.17, 15) is 0 Å². The van der Waals surface area contributed by atoms with Crippen LogP contribution >= 0.6 is 0 Å². The number of fused-ring (bicyclic) bond motifs is 1. The second-order valence-corrected chi connectivity index (χ2v) is 5.45. The summed E-state index contributed by atoms with van der Waals surface area (Å²) in [5, 5.41) is 3.56. The molecule has 0 saturated carbocycles. The van der Waals surface area contributed by atoms with Gasteiger partial charge in [0.2, 0.25) is 0 Å². The zero-order valence-corrected chi connectivity index (χ0v) is 11.1. The molecule has 0 spiro atoms. The molecule has 1 saturated heterocycles. The Hall–Kier alpha value is -0.900. The molecule has 1 fully saturated rings. The second-order valence-electron chi connectivity index (χ2n) is 5.45. The van der Waals surface area contributed by atoms with Crippen molar-refractivity contribution >= 4 is 0 Å². The minimum Gasteiger partial charge on any atom is -0.380 e. The molecule has 3 rings (SSSR count). The maximum Gasteiger partial charge on any atom is 0.0711 e. The molecule has 2 aliphatic heterocycles. The highest BCUT2D eigenvalue weighted by atomic mass is 16.5. The monoisotopic (exact) mass is 246 g/mol. The fraction of sp³-hybridized carbons (Fsp3) is 0.600. The van der Waals surface area contributed by atoms with Crippen LogP contribution in [0.3, 0.4) is 0 Å². The number of nitrogens with zero attached hydrogens (tertiary/aromatic N) is 1. The first-order valence-corrected chi connectivity index (χ1v) is 6.90. The number of hydrogen-bond donors (Lipinski definition) is 1.